The van der Waals surface area contributed by atoms with Crippen LogP contribution in [0.3, 0.4) is 0 Å². The Bertz CT molecular complexity index is 427. The number of amides is 1. The summed E-state index contributed by atoms with van der Waals surface area (Å²) in [4.78, 5) is 14.3. The molecule has 0 unspecified atom stereocenters. The molecule has 0 saturated carbocycles. The van der Waals surface area contributed by atoms with E-state index >= 15 is 0 Å². The lowest BCUT2D eigenvalue weighted by Crippen LogP contribution is -2.36. The van der Waals surface area contributed by atoms with Crippen molar-refractivity contribution in [3.8, 4) is 0 Å². The van der Waals surface area contributed by atoms with Crippen LogP contribution in [-0.2, 0) is 4.79 Å². The normalized spacial score (nSPS) is 17.1. The van der Waals surface area contributed by atoms with Gasteiger partial charge in [0.15, 0.2) is 0 Å². The highest BCUT2D eigenvalue weighted by atomic mass is 16.2. The molecule has 1 amide bonds. The van der Waals surface area contributed by atoms with Crippen molar-refractivity contribution in [3.63, 3.8) is 0 Å². The molecule has 0 radical (unpaired) electrons. The van der Waals surface area contributed by atoms with E-state index in [0.29, 0.717) is 6.42 Å². The van der Waals surface area contributed by atoms with Crippen LogP contribution in [0.25, 0.3) is 0 Å². The number of benzene rings is 1. The molecule has 0 aromatic heterocycles. The third kappa shape index (κ3) is 3.47. The van der Waals surface area contributed by atoms with Crippen molar-refractivity contribution >= 4 is 17.3 Å². The molecule has 1 aliphatic rings. The van der Waals surface area contributed by atoms with Gasteiger partial charge < -0.3 is 16.0 Å². The van der Waals surface area contributed by atoms with E-state index < -0.39 is 6.04 Å². The maximum Gasteiger partial charge on any atom is 0.241 e. The summed E-state index contributed by atoms with van der Waals surface area (Å²) in [6.45, 7) is 4.04. The summed E-state index contributed by atoms with van der Waals surface area (Å²) in [7, 11) is 0. The van der Waals surface area contributed by atoms with E-state index in [4.69, 9.17) is 5.73 Å². The molecule has 1 heterocycles. The predicted molar refractivity (Wildman–Crippen MR) is 79.4 cm³/mol. The monoisotopic (exact) mass is 261 g/mol. The summed E-state index contributed by atoms with van der Waals surface area (Å²) >= 11 is 0. The Kier molecular flexibility index (Phi) is 4.80. The molecule has 0 bridgehead atoms. The zero-order valence-electron chi connectivity index (χ0n) is 11.6. The van der Waals surface area contributed by atoms with Crippen LogP contribution < -0.4 is 16.0 Å². The molecule has 1 aromatic carbocycles. The molecule has 19 heavy (non-hydrogen) atoms. The fraction of sp³-hybridized carbons (Fsp3) is 0.533. The first-order valence-corrected chi connectivity index (χ1v) is 7.12. The second-order valence-electron chi connectivity index (χ2n) is 5.07. The van der Waals surface area contributed by atoms with Gasteiger partial charge in [0.2, 0.25) is 5.91 Å². The van der Waals surface area contributed by atoms with Crippen LogP contribution in [0.1, 0.15) is 32.6 Å². The largest absolute Gasteiger partial charge is 0.370 e. The third-order valence-electron chi connectivity index (χ3n) is 3.64. The number of nitrogens with zero attached hydrogens (tertiary/aromatic N) is 1. The fourth-order valence-corrected chi connectivity index (χ4v) is 2.40. The number of nitrogens with two attached hydrogens (primary N) is 1. The fourth-order valence-electron chi connectivity index (χ4n) is 2.40. The molecule has 0 spiro atoms. The Hall–Kier alpha value is -1.55. The quantitative estimate of drug-likeness (QED) is 0.874. The van der Waals surface area contributed by atoms with Crippen molar-refractivity contribution in [2.75, 3.05) is 23.3 Å². The lowest BCUT2D eigenvalue weighted by Gasteiger charge is -2.30. The van der Waals surface area contributed by atoms with E-state index in [2.05, 4.69) is 16.3 Å². The highest BCUT2D eigenvalue weighted by Crippen LogP contribution is 2.28. The minimum atomic E-state index is -0.436. The lowest BCUT2D eigenvalue weighted by atomic mass is 10.1. The van der Waals surface area contributed by atoms with Gasteiger partial charge in [0.1, 0.15) is 0 Å². The average Bonchev–Trinajstić information content (AvgIpc) is 2.47. The maximum atomic E-state index is 11.9. The lowest BCUT2D eigenvalue weighted by molar-refractivity contribution is -0.117. The van der Waals surface area contributed by atoms with Gasteiger partial charge in [0, 0.05) is 13.1 Å². The van der Waals surface area contributed by atoms with Gasteiger partial charge in [-0.05, 0) is 37.8 Å². The predicted octanol–water partition coefficient (Wildman–Crippen LogP) is 2.35. The summed E-state index contributed by atoms with van der Waals surface area (Å²) < 4.78 is 0. The van der Waals surface area contributed by atoms with E-state index in [1.807, 2.05) is 25.1 Å². The van der Waals surface area contributed by atoms with Gasteiger partial charge in [-0.3, -0.25) is 4.79 Å². The van der Waals surface area contributed by atoms with E-state index in [-0.39, 0.29) is 5.91 Å². The van der Waals surface area contributed by atoms with Gasteiger partial charge in [-0.15, -0.1) is 0 Å². The highest BCUT2D eigenvalue weighted by molar-refractivity contribution is 5.97. The van der Waals surface area contributed by atoms with E-state index in [1.54, 1.807) is 0 Å². The van der Waals surface area contributed by atoms with E-state index in [0.717, 1.165) is 24.5 Å². The molecule has 104 valence electrons. The van der Waals surface area contributed by atoms with Gasteiger partial charge in [0.25, 0.3) is 0 Å². The molecule has 0 aliphatic carbocycles. The Labute approximate surface area is 115 Å². The SMILES string of the molecule is CC[C@@H](N)C(=O)Nc1ccccc1N1CCCCC1. The number of nitrogens with one attached hydrogen (secondary N) is 1. The molecule has 4 nitrogen and oxygen atoms in total. The molecular weight excluding hydrogens is 238 g/mol. The van der Waals surface area contributed by atoms with Crippen LogP contribution >= 0.6 is 0 Å². The smallest absolute Gasteiger partial charge is 0.241 e. The zero-order chi connectivity index (χ0) is 13.7. The Morgan fingerprint density at radius 3 is 2.68 bits per heavy atom. The van der Waals surface area contributed by atoms with Gasteiger partial charge in [0.05, 0.1) is 17.4 Å². The topological polar surface area (TPSA) is 58.4 Å². The molecule has 1 atom stereocenters. The summed E-state index contributed by atoms with van der Waals surface area (Å²) in [5, 5.41) is 2.95. The maximum absolute atomic E-state index is 11.9. The number of carbonyl (C=O) groups is 1. The van der Waals surface area contributed by atoms with Crippen LogP contribution in [0.5, 0.6) is 0 Å². The molecule has 1 saturated heterocycles. The Morgan fingerprint density at radius 1 is 1.32 bits per heavy atom. The third-order valence-corrected chi connectivity index (χ3v) is 3.64. The first-order valence-electron chi connectivity index (χ1n) is 7.12. The molecule has 1 aromatic rings. The first-order chi connectivity index (χ1) is 9.22. The van der Waals surface area contributed by atoms with Gasteiger partial charge in [-0.2, -0.15) is 0 Å². The number of piperidine rings is 1. The standard InChI is InChI=1S/C15H23N3O/c1-2-12(16)15(19)17-13-8-4-5-9-14(13)18-10-6-3-7-11-18/h4-5,8-9,12H,2-3,6-7,10-11,16H2,1H3,(H,17,19)/t12-/m1/s1. The number of hydrogen-bond donors (Lipinski definition) is 2. The van der Waals surface area contributed by atoms with Crippen LogP contribution in [-0.4, -0.2) is 25.0 Å². The molecule has 4 heteroatoms. The van der Waals surface area contributed by atoms with Gasteiger partial charge in [-0.1, -0.05) is 19.1 Å². The summed E-state index contributed by atoms with van der Waals surface area (Å²) in [6, 6.07) is 7.54. The van der Waals surface area contributed by atoms with Gasteiger partial charge in [-0.25, -0.2) is 0 Å². The van der Waals surface area contributed by atoms with E-state index in [1.165, 1.54) is 19.3 Å². The van der Waals surface area contributed by atoms with Crippen LogP contribution in [0.15, 0.2) is 24.3 Å². The van der Waals surface area contributed by atoms with Crippen molar-refractivity contribution < 1.29 is 4.79 Å². The summed E-state index contributed by atoms with van der Waals surface area (Å²) in [5.74, 6) is -0.105. The van der Waals surface area contributed by atoms with Crippen molar-refractivity contribution in [2.45, 2.75) is 38.6 Å². The van der Waals surface area contributed by atoms with Crippen LogP contribution in [0.2, 0.25) is 0 Å². The molecule has 1 aliphatic heterocycles. The Balaban J connectivity index is 2.13. The minimum Gasteiger partial charge on any atom is -0.370 e. The molecule has 2 rings (SSSR count). The second kappa shape index (κ2) is 6.57. The Morgan fingerprint density at radius 2 is 2.00 bits per heavy atom. The first kappa shape index (κ1) is 13.9. The summed E-state index contributed by atoms with van der Waals surface area (Å²) in [5.41, 5.74) is 7.75. The van der Waals surface area contributed by atoms with Crippen molar-refractivity contribution in [1.82, 2.24) is 0 Å². The number of rotatable bonds is 4. The summed E-state index contributed by atoms with van der Waals surface area (Å²) in [6.07, 6.45) is 4.39. The molecular formula is C15H23N3O. The number of para-hydroxylation sites is 2. The average molecular weight is 261 g/mol. The minimum absolute atomic E-state index is 0.105. The van der Waals surface area contributed by atoms with Crippen molar-refractivity contribution in [1.29, 1.82) is 0 Å². The van der Waals surface area contributed by atoms with Crippen molar-refractivity contribution in [3.05, 3.63) is 24.3 Å². The highest BCUT2D eigenvalue weighted by Gasteiger charge is 2.17. The number of carbonyl (C=O) groups excluding carboxylic acids is 1. The van der Waals surface area contributed by atoms with Crippen molar-refractivity contribution in [2.24, 2.45) is 5.73 Å². The number of hydrogen-bond acceptors (Lipinski definition) is 3. The zero-order valence-corrected chi connectivity index (χ0v) is 11.6. The number of anilines is 2. The van der Waals surface area contributed by atoms with Gasteiger partial charge >= 0.3 is 0 Å². The second-order valence-corrected chi connectivity index (χ2v) is 5.07. The van der Waals surface area contributed by atoms with E-state index in [9.17, 15) is 4.79 Å². The molecule has 1 fully saturated rings. The van der Waals surface area contributed by atoms with Crippen LogP contribution in [0.4, 0.5) is 11.4 Å². The van der Waals surface area contributed by atoms with Crippen LogP contribution in [0, 0.1) is 0 Å². The molecule has 3 N–H and O–H groups in total.